The average Bonchev–Trinajstić information content (AvgIpc) is 2.95. The summed E-state index contributed by atoms with van der Waals surface area (Å²) in [6.07, 6.45) is 1.42. The molecular weight excluding hydrogens is 430 g/mol. The number of halogens is 1. The smallest absolute Gasteiger partial charge is 0.424 e. The van der Waals surface area contributed by atoms with Crippen LogP contribution >= 0.6 is 11.6 Å². The summed E-state index contributed by atoms with van der Waals surface area (Å²) >= 11 is 6.15. The lowest BCUT2D eigenvalue weighted by Crippen LogP contribution is -2.43. The molecule has 0 aliphatic carbocycles. The number of pyridine rings is 1. The van der Waals surface area contributed by atoms with E-state index in [1.807, 2.05) is 35.9 Å². The van der Waals surface area contributed by atoms with Crippen LogP contribution in [0.4, 0.5) is 15.3 Å². The molecule has 0 atom stereocenters. The quantitative estimate of drug-likeness (QED) is 0.435. The Kier molecular flexibility index (Phi) is 6.24. The Morgan fingerprint density at radius 3 is 2.09 bits per heavy atom. The van der Waals surface area contributed by atoms with E-state index < -0.39 is 23.4 Å². The van der Waals surface area contributed by atoms with Gasteiger partial charge in [-0.1, -0.05) is 17.7 Å². The van der Waals surface area contributed by atoms with Crippen LogP contribution in [0.15, 0.2) is 42.7 Å². The van der Waals surface area contributed by atoms with E-state index in [1.165, 1.54) is 6.20 Å². The number of rotatable bonds is 2. The van der Waals surface area contributed by atoms with E-state index >= 15 is 0 Å². The SMILES string of the molecule is Cn1c(-c2cncc(N(C(=O)OC(C)(C)C)C(=O)OC(C)(C)C)c2)cc2ccc(Cl)cc21. The lowest BCUT2D eigenvalue weighted by atomic mass is 10.1. The predicted molar refractivity (Wildman–Crippen MR) is 126 cm³/mol. The van der Waals surface area contributed by atoms with Gasteiger partial charge in [-0.05, 0) is 65.8 Å². The van der Waals surface area contributed by atoms with Crippen LogP contribution < -0.4 is 4.90 Å². The highest BCUT2D eigenvalue weighted by Gasteiger charge is 2.33. The fraction of sp³-hybridized carbons (Fsp3) is 0.375. The number of fused-ring (bicyclic) bond motifs is 1. The second-order valence-corrected chi connectivity index (χ2v) is 9.96. The van der Waals surface area contributed by atoms with Crippen molar-refractivity contribution in [2.45, 2.75) is 52.7 Å². The molecule has 8 heteroatoms. The molecule has 2 aromatic heterocycles. The first-order valence-corrected chi connectivity index (χ1v) is 10.6. The molecule has 0 aliphatic rings. The minimum atomic E-state index is -0.838. The van der Waals surface area contributed by atoms with Crippen LogP contribution in [0.25, 0.3) is 22.2 Å². The van der Waals surface area contributed by atoms with Gasteiger partial charge in [0, 0.05) is 34.7 Å². The van der Waals surface area contributed by atoms with Gasteiger partial charge in [0.25, 0.3) is 0 Å². The predicted octanol–water partition coefficient (Wildman–Crippen LogP) is 6.57. The number of aromatic nitrogens is 2. The standard InChI is InChI=1S/C24H28ClN3O4/c1-23(2,3)31-21(29)28(22(30)32-24(4,5)6)18-10-16(13-26-14-18)19-11-15-8-9-17(25)12-20(15)27(19)7/h8-14H,1-7H3. The zero-order valence-corrected chi connectivity index (χ0v) is 20.1. The van der Waals surface area contributed by atoms with E-state index in [4.69, 9.17) is 21.1 Å². The number of benzene rings is 1. The molecule has 0 fully saturated rings. The number of imide groups is 1. The van der Waals surface area contributed by atoms with Crippen molar-refractivity contribution in [1.29, 1.82) is 0 Å². The summed E-state index contributed by atoms with van der Waals surface area (Å²) in [7, 11) is 1.92. The van der Waals surface area contributed by atoms with E-state index in [1.54, 1.807) is 53.8 Å². The second kappa shape index (κ2) is 8.47. The molecule has 0 saturated heterocycles. The Morgan fingerprint density at radius 1 is 0.938 bits per heavy atom. The van der Waals surface area contributed by atoms with Crippen molar-refractivity contribution < 1.29 is 19.1 Å². The molecule has 170 valence electrons. The fourth-order valence-corrected chi connectivity index (χ4v) is 3.34. The van der Waals surface area contributed by atoms with Gasteiger partial charge < -0.3 is 14.0 Å². The van der Waals surface area contributed by atoms with Gasteiger partial charge >= 0.3 is 12.2 Å². The molecule has 0 radical (unpaired) electrons. The summed E-state index contributed by atoms with van der Waals surface area (Å²) in [5, 5.41) is 1.64. The van der Waals surface area contributed by atoms with Crippen molar-refractivity contribution in [2.75, 3.05) is 4.90 Å². The summed E-state index contributed by atoms with van der Waals surface area (Å²) in [6.45, 7) is 10.4. The third kappa shape index (κ3) is 5.40. The van der Waals surface area contributed by atoms with E-state index in [9.17, 15) is 9.59 Å². The maximum atomic E-state index is 12.9. The van der Waals surface area contributed by atoms with E-state index in [0.29, 0.717) is 5.02 Å². The Bertz CT molecular complexity index is 1140. The zero-order valence-electron chi connectivity index (χ0n) is 19.4. The average molecular weight is 458 g/mol. The van der Waals surface area contributed by atoms with Crippen molar-refractivity contribution in [3.8, 4) is 11.3 Å². The third-order valence-electron chi connectivity index (χ3n) is 4.44. The number of aryl methyl sites for hydroxylation is 1. The first-order chi connectivity index (χ1) is 14.7. The summed E-state index contributed by atoms with van der Waals surface area (Å²) in [5.41, 5.74) is 1.18. The van der Waals surface area contributed by atoms with E-state index in [-0.39, 0.29) is 5.69 Å². The van der Waals surface area contributed by atoms with Crippen LogP contribution in [0.2, 0.25) is 5.02 Å². The molecule has 0 N–H and O–H groups in total. The molecule has 1 aromatic carbocycles. The number of hydrogen-bond donors (Lipinski definition) is 0. The minimum Gasteiger partial charge on any atom is -0.443 e. The molecule has 0 bridgehead atoms. The Balaban J connectivity index is 2.07. The topological polar surface area (TPSA) is 73.7 Å². The van der Waals surface area contributed by atoms with Gasteiger partial charge in [-0.15, -0.1) is 0 Å². The first-order valence-electron chi connectivity index (χ1n) is 10.2. The van der Waals surface area contributed by atoms with Gasteiger partial charge in [0.1, 0.15) is 11.2 Å². The molecule has 0 unspecified atom stereocenters. The van der Waals surface area contributed by atoms with E-state index in [0.717, 1.165) is 27.1 Å². The van der Waals surface area contributed by atoms with Crippen molar-refractivity contribution in [1.82, 2.24) is 9.55 Å². The summed E-state index contributed by atoms with van der Waals surface area (Å²) < 4.78 is 12.9. The Morgan fingerprint density at radius 2 is 1.53 bits per heavy atom. The zero-order chi connectivity index (χ0) is 23.8. The lowest BCUT2D eigenvalue weighted by molar-refractivity contribution is 0.0430. The lowest BCUT2D eigenvalue weighted by Gasteiger charge is -2.28. The molecule has 3 rings (SSSR count). The van der Waals surface area contributed by atoms with Crippen molar-refractivity contribution in [3.63, 3.8) is 0 Å². The van der Waals surface area contributed by atoms with Crippen molar-refractivity contribution in [3.05, 3.63) is 47.7 Å². The van der Waals surface area contributed by atoms with Crippen LogP contribution in [-0.4, -0.2) is 32.9 Å². The van der Waals surface area contributed by atoms with E-state index in [2.05, 4.69) is 4.98 Å². The summed E-state index contributed by atoms with van der Waals surface area (Å²) in [4.78, 5) is 31.0. The molecular formula is C24H28ClN3O4. The van der Waals surface area contributed by atoms with Crippen molar-refractivity contribution in [2.24, 2.45) is 7.05 Å². The maximum Gasteiger partial charge on any atom is 0.424 e. The molecule has 2 heterocycles. The molecule has 0 saturated carbocycles. The molecule has 3 aromatic rings. The highest BCUT2D eigenvalue weighted by molar-refractivity contribution is 6.31. The van der Waals surface area contributed by atoms with Crippen LogP contribution in [0.1, 0.15) is 41.5 Å². The van der Waals surface area contributed by atoms with Crippen LogP contribution in [0.3, 0.4) is 0 Å². The highest BCUT2D eigenvalue weighted by Crippen LogP contribution is 2.31. The third-order valence-corrected chi connectivity index (χ3v) is 4.67. The number of nitrogens with zero attached hydrogens (tertiary/aromatic N) is 3. The number of amides is 2. The number of ether oxygens (including phenoxy) is 2. The van der Waals surface area contributed by atoms with Gasteiger partial charge in [-0.2, -0.15) is 4.90 Å². The minimum absolute atomic E-state index is 0.245. The number of carbonyl (C=O) groups excluding carboxylic acids is 2. The van der Waals surface area contributed by atoms with Gasteiger partial charge in [-0.25, -0.2) is 9.59 Å². The first kappa shape index (κ1) is 23.6. The summed E-state index contributed by atoms with van der Waals surface area (Å²) in [6, 6.07) is 9.35. The number of anilines is 1. The molecule has 0 spiro atoms. The fourth-order valence-electron chi connectivity index (χ4n) is 3.17. The van der Waals surface area contributed by atoms with Crippen molar-refractivity contribution >= 4 is 40.4 Å². The highest BCUT2D eigenvalue weighted by atomic mass is 35.5. The normalized spacial score (nSPS) is 12.0. The van der Waals surface area contributed by atoms with Crippen LogP contribution in [0.5, 0.6) is 0 Å². The van der Waals surface area contributed by atoms with Gasteiger partial charge in [-0.3, -0.25) is 4.98 Å². The maximum absolute atomic E-state index is 12.9. The monoisotopic (exact) mass is 457 g/mol. The Labute approximate surface area is 192 Å². The molecule has 2 amide bonds. The molecule has 32 heavy (non-hydrogen) atoms. The number of hydrogen-bond acceptors (Lipinski definition) is 5. The molecule has 0 aliphatic heterocycles. The second-order valence-electron chi connectivity index (χ2n) is 9.52. The summed E-state index contributed by atoms with van der Waals surface area (Å²) in [5.74, 6) is 0. The van der Waals surface area contributed by atoms with Crippen LogP contribution in [0, 0.1) is 0 Å². The van der Waals surface area contributed by atoms with Gasteiger partial charge in [0.2, 0.25) is 0 Å². The number of carbonyl (C=O) groups is 2. The van der Waals surface area contributed by atoms with Gasteiger partial charge in [0.05, 0.1) is 17.6 Å². The Hall–Kier alpha value is -3.06. The van der Waals surface area contributed by atoms with Gasteiger partial charge in [0.15, 0.2) is 0 Å². The van der Waals surface area contributed by atoms with Crippen LogP contribution in [-0.2, 0) is 16.5 Å². The largest absolute Gasteiger partial charge is 0.443 e. The molecule has 7 nitrogen and oxygen atoms in total.